The summed E-state index contributed by atoms with van der Waals surface area (Å²) in [6, 6.07) is 0. The van der Waals surface area contributed by atoms with Gasteiger partial charge in [0.1, 0.15) is 6.33 Å². The van der Waals surface area contributed by atoms with E-state index in [1.807, 2.05) is 4.57 Å². The summed E-state index contributed by atoms with van der Waals surface area (Å²) in [5.41, 5.74) is 0.353. The lowest BCUT2D eigenvalue weighted by Crippen LogP contribution is -2.09. The van der Waals surface area contributed by atoms with Crippen molar-refractivity contribution in [3.05, 3.63) is 11.1 Å². The van der Waals surface area contributed by atoms with E-state index in [0.717, 1.165) is 13.0 Å². The van der Waals surface area contributed by atoms with Crippen molar-refractivity contribution in [2.24, 2.45) is 5.41 Å². The van der Waals surface area contributed by atoms with Crippen molar-refractivity contribution in [1.29, 1.82) is 0 Å². The molecule has 1 rings (SSSR count). The van der Waals surface area contributed by atoms with Crippen LogP contribution in [-0.4, -0.2) is 14.8 Å². The lowest BCUT2D eigenvalue weighted by Gasteiger charge is -2.17. The highest BCUT2D eigenvalue weighted by Crippen LogP contribution is 2.18. The molecule has 0 aliphatic rings. The molecule has 1 N–H and O–H groups in total. The van der Waals surface area contributed by atoms with Crippen molar-refractivity contribution in [2.45, 2.75) is 33.7 Å². The molecule has 0 radical (unpaired) electrons. The van der Waals surface area contributed by atoms with Gasteiger partial charge in [-0.2, -0.15) is 5.10 Å². The Hall–Kier alpha value is -0.640. The number of H-pyrrole nitrogens is 1. The topological polar surface area (TPSA) is 33.6 Å². The molecule has 0 saturated heterocycles. The van der Waals surface area contributed by atoms with Crippen LogP contribution in [0, 0.1) is 10.2 Å². The molecule has 3 nitrogen and oxygen atoms in total. The van der Waals surface area contributed by atoms with E-state index in [0.29, 0.717) is 10.2 Å². The van der Waals surface area contributed by atoms with E-state index in [9.17, 15) is 0 Å². The van der Waals surface area contributed by atoms with Gasteiger partial charge in [-0.15, -0.1) is 0 Å². The number of aromatic amines is 1. The van der Waals surface area contributed by atoms with Crippen molar-refractivity contribution in [1.82, 2.24) is 14.8 Å². The molecular weight excluding hydrogens is 170 g/mol. The number of nitrogens with zero attached hydrogens (tertiary/aromatic N) is 2. The molecular formula is C8H15N3S. The Morgan fingerprint density at radius 3 is 2.67 bits per heavy atom. The van der Waals surface area contributed by atoms with E-state index in [4.69, 9.17) is 12.2 Å². The number of rotatable bonds is 2. The maximum atomic E-state index is 5.02. The van der Waals surface area contributed by atoms with Crippen molar-refractivity contribution in [2.75, 3.05) is 0 Å². The van der Waals surface area contributed by atoms with Gasteiger partial charge < -0.3 is 4.57 Å². The zero-order valence-electron chi connectivity index (χ0n) is 7.79. The van der Waals surface area contributed by atoms with Gasteiger partial charge in [-0.25, -0.2) is 0 Å². The van der Waals surface area contributed by atoms with E-state index < -0.39 is 0 Å². The molecule has 12 heavy (non-hydrogen) atoms. The average Bonchev–Trinajstić information content (AvgIpc) is 2.29. The summed E-state index contributed by atoms with van der Waals surface area (Å²) in [5.74, 6) is 0. The third-order valence-corrected chi connectivity index (χ3v) is 2.05. The summed E-state index contributed by atoms with van der Waals surface area (Å²) < 4.78 is 2.67. The SMILES string of the molecule is CC(C)(C)CCn1cn[nH]c1=S. The number of aryl methyl sites for hydroxylation is 1. The van der Waals surface area contributed by atoms with Crippen LogP contribution in [0.3, 0.4) is 0 Å². The van der Waals surface area contributed by atoms with Crippen LogP contribution in [0.5, 0.6) is 0 Å². The molecule has 0 spiro atoms. The van der Waals surface area contributed by atoms with Crippen LogP contribution in [0.25, 0.3) is 0 Å². The molecule has 4 heteroatoms. The van der Waals surface area contributed by atoms with Crippen LogP contribution in [0.1, 0.15) is 27.2 Å². The maximum Gasteiger partial charge on any atom is 0.194 e. The Morgan fingerprint density at radius 2 is 2.25 bits per heavy atom. The summed E-state index contributed by atoms with van der Waals surface area (Å²) >= 11 is 5.02. The van der Waals surface area contributed by atoms with Crippen LogP contribution in [0.4, 0.5) is 0 Å². The second-order valence-electron chi connectivity index (χ2n) is 4.17. The van der Waals surface area contributed by atoms with Crippen LogP contribution < -0.4 is 0 Å². The van der Waals surface area contributed by atoms with E-state index in [1.165, 1.54) is 0 Å². The molecule has 0 aliphatic heterocycles. The molecule has 0 amide bonds. The molecule has 1 aromatic heterocycles. The summed E-state index contributed by atoms with van der Waals surface area (Å²) in [6.45, 7) is 7.60. The molecule has 68 valence electrons. The van der Waals surface area contributed by atoms with E-state index in [1.54, 1.807) is 6.33 Å². The Balaban J connectivity index is 2.55. The fourth-order valence-electron chi connectivity index (χ4n) is 0.886. The van der Waals surface area contributed by atoms with Gasteiger partial charge in [-0.3, -0.25) is 5.10 Å². The summed E-state index contributed by atoms with van der Waals surface area (Å²) in [7, 11) is 0. The summed E-state index contributed by atoms with van der Waals surface area (Å²) in [4.78, 5) is 0. The van der Waals surface area contributed by atoms with Crippen LogP contribution in [-0.2, 0) is 6.54 Å². The van der Waals surface area contributed by atoms with Crippen molar-refractivity contribution < 1.29 is 0 Å². The molecule has 0 aliphatic carbocycles. The predicted octanol–water partition coefficient (Wildman–Crippen LogP) is 2.38. The quantitative estimate of drug-likeness (QED) is 0.718. The van der Waals surface area contributed by atoms with Gasteiger partial charge >= 0.3 is 0 Å². The van der Waals surface area contributed by atoms with Gasteiger partial charge in [0.05, 0.1) is 0 Å². The second-order valence-corrected chi connectivity index (χ2v) is 4.55. The monoisotopic (exact) mass is 185 g/mol. The number of aromatic nitrogens is 3. The van der Waals surface area contributed by atoms with E-state index >= 15 is 0 Å². The number of hydrogen-bond donors (Lipinski definition) is 1. The first-order valence-electron chi connectivity index (χ1n) is 4.09. The zero-order valence-corrected chi connectivity index (χ0v) is 8.61. The molecule has 0 aromatic carbocycles. The number of nitrogens with one attached hydrogen (secondary N) is 1. The third-order valence-electron chi connectivity index (χ3n) is 1.72. The van der Waals surface area contributed by atoms with Crippen molar-refractivity contribution >= 4 is 12.2 Å². The van der Waals surface area contributed by atoms with Gasteiger partial charge in [-0.1, -0.05) is 20.8 Å². The van der Waals surface area contributed by atoms with Crippen molar-refractivity contribution in [3.63, 3.8) is 0 Å². The highest BCUT2D eigenvalue weighted by Gasteiger charge is 2.09. The largest absolute Gasteiger partial charge is 0.307 e. The van der Waals surface area contributed by atoms with E-state index in [-0.39, 0.29) is 0 Å². The molecule has 1 heterocycles. The van der Waals surface area contributed by atoms with Crippen LogP contribution in [0.15, 0.2) is 6.33 Å². The first-order chi connectivity index (χ1) is 5.49. The lowest BCUT2D eigenvalue weighted by molar-refractivity contribution is 0.349. The lowest BCUT2D eigenvalue weighted by atomic mass is 9.92. The molecule has 0 fully saturated rings. The standard InChI is InChI=1S/C8H15N3S/c1-8(2,3)4-5-11-6-9-10-7(11)12/h6H,4-5H2,1-3H3,(H,10,12). The van der Waals surface area contributed by atoms with E-state index in [2.05, 4.69) is 31.0 Å². The van der Waals surface area contributed by atoms with Crippen molar-refractivity contribution in [3.8, 4) is 0 Å². The Kier molecular flexibility index (Phi) is 2.67. The molecule has 1 aromatic rings. The third kappa shape index (κ3) is 2.77. The van der Waals surface area contributed by atoms with Crippen LogP contribution in [0.2, 0.25) is 0 Å². The summed E-state index contributed by atoms with van der Waals surface area (Å²) in [5, 5.41) is 6.59. The number of hydrogen-bond acceptors (Lipinski definition) is 2. The first-order valence-corrected chi connectivity index (χ1v) is 4.50. The van der Waals surface area contributed by atoms with Gasteiger partial charge in [0.2, 0.25) is 0 Å². The van der Waals surface area contributed by atoms with Crippen LogP contribution >= 0.6 is 12.2 Å². The molecule has 0 atom stereocenters. The predicted molar refractivity (Wildman–Crippen MR) is 51.5 cm³/mol. The minimum Gasteiger partial charge on any atom is -0.307 e. The second kappa shape index (κ2) is 3.39. The Labute approximate surface area is 77.8 Å². The molecule has 0 bridgehead atoms. The first kappa shape index (κ1) is 9.45. The Bertz CT molecular complexity index is 292. The Morgan fingerprint density at radius 1 is 1.58 bits per heavy atom. The van der Waals surface area contributed by atoms with Gasteiger partial charge in [0.15, 0.2) is 4.77 Å². The minimum atomic E-state index is 0.353. The molecule has 0 unspecified atom stereocenters. The molecule has 0 saturated carbocycles. The fourth-order valence-corrected chi connectivity index (χ4v) is 1.08. The highest BCUT2D eigenvalue weighted by molar-refractivity contribution is 7.71. The average molecular weight is 185 g/mol. The van der Waals surface area contributed by atoms with Gasteiger partial charge in [-0.05, 0) is 24.1 Å². The summed E-state index contributed by atoms with van der Waals surface area (Å²) in [6.07, 6.45) is 2.86. The fraction of sp³-hybridized carbons (Fsp3) is 0.750. The highest BCUT2D eigenvalue weighted by atomic mass is 32.1. The van der Waals surface area contributed by atoms with Gasteiger partial charge in [0.25, 0.3) is 0 Å². The van der Waals surface area contributed by atoms with Gasteiger partial charge in [0, 0.05) is 6.54 Å². The zero-order chi connectivity index (χ0) is 9.19. The normalized spacial score (nSPS) is 11.9. The minimum absolute atomic E-state index is 0.353. The maximum absolute atomic E-state index is 5.02. The smallest absolute Gasteiger partial charge is 0.194 e.